The van der Waals surface area contributed by atoms with E-state index in [1.807, 2.05) is 49.5 Å². The number of hydrogen-bond acceptors (Lipinski definition) is 4. The van der Waals surface area contributed by atoms with E-state index in [1.165, 1.54) is 0 Å². The van der Waals surface area contributed by atoms with Gasteiger partial charge in [0.15, 0.2) is 0 Å². The van der Waals surface area contributed by atoms with Crippen molar-refractivity contribution >= 4 is 23.4 Å². The highest BCUT2D eigenvalue weighted by atomic mass is 35.5. The molecule has 1 unspecified atom stereocenters. The Hall–Kier alpha value is -1.07. The Bertz CT molecular complexity index is 529. The molecule has 0 fully saturated rings. The van der Waals surface area contributed by atoms with Crippen molar-refractivity contribution in [3.8, 4) is 0 Å². The number of likely N-dealkylation sites (N-methyl/N-ethyl adjacent to an activating group) is 1. The average Bonchev–Trinajstić information content (AvgIpc) is 2.51. The van der Waals surface area contributed by atoms with Gasteiger partial charge in [-0.3, -0.25) is 0 Å². The Morgan fingerprint density at radius 3 is 2.55 bits per heavy atom. The number of hydrogen-bond donors (Lipinski definition) is 2. The summed E-state index contributed by atoms with van der Waals surface area (Å²) in [6, 6.07) is 13.7. The highest BCUT2D eigenvalue weighted by Gasteiger charge is 2.29. The van der Waals surface area contributed by atoms with Crippen molar-refractivity contribution in [2.45, 2.75) is 10.6 Å². The quantitative estimate of drug-likeness (QED) is 0.805. The maximum atomic E-state index is 9.83. The highest BCUT2D eigenvalue weighted by molar-refractivity contribution is 7.99. The summed E-state index contributed by atoms with van der Waals surface area (Å²) in [4.78, 5) is 4.27. The van der Waals surface area contributed by atoms with Gasteiger partial charge in [0.2, 0.25) is 0 Å². The first kappa shape index (κ1) is 15.3. The third-order valence-corrected chi connectivity index (χ3v) is 4.64. The smallest absolute Gasteiger partial charge is 0.0961 e. The molecule has 1 heterocycles. The van der Waals surface area contributed by atoms with Crippen LogP contribution in [-0.4, -0.2) is 29.5 Å². The average molecular weight is 309 g/mol. The molecule has 3 nitrogen and oxygen atoms in total. The topological polar surface area (TPSA) is 45.1 Å². The van der Waals surface area contributed by atoms with Crippen molar-refractivity contribution < 1.29 is 5.11 Å². The predicted octanol–water partition coefficient (Wildman–Crippen LogP) is 2.93. The Kier molecular flexibility index (Phi) is 5.43. The van der Waals surface area contributed by atoms with Gasteiger partial charge in [-0.05, 0) is 24.7 Å². The molecule has 5 heteroatoms. The van der Waals surface area contributed by atoms with Gasteiger partial charge in [0.25, 0.3) is 0 Å². The van der Waals surface area contributed by atoms with Gasteiger partial charge in [-0.25, -0.2) is 4.98 Å². The molecule has 0 aliphatic heterocycles. The van der Waals surface area contributed by atoms with Crippen LogP contribution in [0.1, 0.15) is 5.56 Å². The fourth-order valence-corrected chi connectivity index (χ4v) is 3.12. The number of rotatable bonds is 6. The lowest BCUT2D eigenvalue weighted by Gasteiger charge is -2.31. The lowest BCUT2D eigenvalue weighted by atomic mass is 9.93. The molecule has 1 aromatic heterocycles. The van der Waals surface area contributed by atoms with Gasteiger partial charge < -0.3 is 10.4 Å². The van der Waals surface area contributed by atoms with Crippen molar-refractivity contribution in [3.63, 3.8) is 0 Å². The second-order valence-electron chi connectivity index (χ2n) is 4.46. The first-order valence-electron chi connectivity index (χ1n) is 6.30. The Balaban J connectivity index is 2.15. The van der Waals surface area contributed by atoms with E-state index in [-0.39, 0.29) is 6.61 Å². The van der Waals surface area contributed by atoms with Crippen LogP contribution in [0.15, 0.2) is 53.7 Å². The number of aromatic nitrogens is 1. The van der Waals surface area contributed by atoms with E-state index in [1.54, 1.807) is 18.0 Å². The predicted molar refractivity (Wildman–Crippen MR) is 84.2 cm³/mol. The van der Waals surface area contributed by atoms with Gasteiger partial charge in [0.05, 0.1) is 22.2 Å². The van der Waals surface area contributed by atoms with E-state index < -0.39 is 5.54 Å². The van der Waals surface area contributed by atoms with Crippen LogP contribution >= 0.6 is 23.4 Å². The second-order valence-corrected chi connectivity index (χ2v) is 5.89. The molecule has 2 rings (SSSR count). The molecule has 0 bridgehead atoms. The van der Waals surface area contributed by atoms with Crippen LogP contribution in [-0.2, 0) is 5.54 Å². The molecule has 0 aliphatic rings. The summed E-state index contributed by atoms with van der Waals surface area (Å²) in [6.45, 7) is 0.0219. The summed E-state index contributed by atoms with van der Waals surface area (Å²) in [7, 11) is 1.86. The molecule has 1 atom stereocenters. The Morgan fingerprint density at radius 1 is 1.25 bits per heavy atom. The number of aliphatic hydroxyl groups is 1. The molecule has 2 aromatic rings. The summed E-state index contributed by atoms with van der Waals surface area (Å²) >= 11 is 7.42. The Labute approximate surface area is 128 Å². The van der Waals surface area contributed by atoms with E-state index in [4.69, 9.17) is 11.6 Å². The van der Waals surface area contributed by atoms with Gasteiger partial charge in [-0.2, -0.15) is 0 Å². The molecule has 20 heavy (non-hydrogen) atoms. The summed E-state index contributed by atoms with van der Waals surface area (Å²) in [5.74, 6) is 0.679. The minimum Gasteiger partial charge on any atom is -0.394 e. The van der Waals surface area contributed by atoms with Crippen LogP contribution in [0, 0.1) is 0 Å². The molecule has 0 radical (unpaired) electrons. The van der Waals surface area contributed by atoms with Crippen molar-refractivity contribution in [1.82, 2.24) is 10.3 Å². The van der Waals surface area contributed by atoms with E-state index in [9.17, 15) is 5.11 Å². The summed E-state index contributed by atoms with van der Waals surface area (Å²) in [5, 5.41) is 14.6. The SMILES string of the molecule is CNC(CO)(CSc1ccc(Cl)cn1)c1ccccc1. The molecular weight excluding hydrogens is 292 g/mol. The minimum atomic E-state index is -0.479. The maximum Gasteiger partial charge on any atom is 0.0961 e. The fraction of sp³-hybridized carbons (Fsp3) is 0.267. The van der Waals surface area contributed by atoms with E-state index in [0.29, 0.717) is 10.8 Å². The van der Waals surface area contributed by atoms with Crippen molar-refractivity contribution in [2.24, 2.45) is 0 Å². The van der Waals surface area contributed by atoms with E-state index in [0.717, 1.165) is 10.6 Å². The third-order valence-electron chi connectivity index (χ3n) is 3.24. The Morgan fingerprint density at radius 2 is 2.00 bits per heavy atom. The van der Waals surface area contributed by atoms with Crippen molar-refractivity contribution in [2.75, 3.05) is 19.4 Å². The number of thioether (sulfide) groups is 1. The van der Waals surface area contributed by atoms with Gasteiger partial charge in [0, 0.05) is 11.9 Å². The monoisotopic (exact) mass is 308 g/mol. The molecule has 0 amide bonds. The zero-order valence-electron chi connectivity index (χ0n) is 11.2. The highest BCUT2D eigenvalue weighted by Crippen LogP contribution is 2.28. The largest absolute Gasteiger partial charge is 0.394 e. The van der Waals surface area contributed by atoms with Crippen molar-refractivity contribution in [1.29, 1.82) is 0 Å². The zero-order chi connectivity index (χ0) is 14.4. The number of nitrogens with one attached hydrogen (secondary N) is 1. The number of pyridine rings is 1. The summed E-state index contributed by atoms with van der Waals surface area (Å²) in [6.07, 6.45) is 1.63. The molecule has 0 spiro atoms. The molecule has 2 N–H and O–H groups in total. The van der Waals surface area contributed by atoms with Gasteiger partial charge in [-0.15, -0.1) is 11.8 Å². The summed E-state index contributed by atoms with van der Waals surface area (Å²) in [5.41, 5.74) is 0.583. The molecular formula is C15H17ClN2OS. The molecule has 0 saturated carbocycles. The van der Waals surface area contributed by atoms with Crippen LogP contribution in [0.5, 0.6) is 0 Å². The van der Waals surface area contributed by atoms with Gasteiger partial charge in [0.1, 0.15) is 0 Å². The number of aliphatic hydroxyl groups excluding tert-OH is 1. The fourth-order valence-electron chi connectivity index (χ4n) is 1.92. The zero-order valence-corrected chi connectivity index (χ0v) is 12.8. The van der Waals surface area contributed by atoms with Crippen molar-refractivity contribution in [3.05, 3.63) is 59.2 Å². The first-order valence-corrected chi connectivity index (χ1v) is 7.66. The molecule has 0 saturated heterocycles. The third kappa shape index (κ3) is 3.52. The standard InChI is InChI=1S/C15H17ClN2OS/c1-17-15(10-19,12-5-3-2-4-6-12)11-20-14-8-7-13(16)9-18-14/h2-9,17,19H,10-11H2,1H3. The lowest BCUT2D eigenvalue weighted by Crippen LogP contribution is -2.45. The number of halogens is 1. The van der Waals surface area contributed by atoms with Gasteiger partial charge in [-0.1, -0.05) is 41.9 Å². The normalized spacial score (nSPS) is 13.9. The van der Waals surface area contributed by atoms with E-state index in [2.05, 4.69) is 10.3 Å². The van der Waals surface area contributed by atoms with Crippen LogP contribution in [0.3, 0.4) is 0 Å². The first-order chi connectivity index (χ1) is 9.70. The molecule has 0 aliphatic carbocycles. The second kappa shape index (κ2) is 7.09. The number of benzene rings is 1. The molecule has 1 aromatic carbocycles. The summed E-state index contributed by atoms with van der Waals surface area (Å²) < 4.78 is 0. The maximum absolute atomic E-state index is 9.83. The van der Waals surface area contributed by atoms with Crippen LogP contribution in [0.2, 0.25) is 5.02 Å². The number of nitrogens with zero attached hydrogens (tertiary/aromatic N) is 1. The van der Waals surface area contributed by atoms with E-state index >= 15 is 0 Å². The van der Waals surface area contributed by atoms with Crippen LogP contribution in [0.4, 0.5) is 0 Å². The van der Waals surface area contributed by atoms with Gasteiger partial charge >= 0.3 is 0 Å². The molecule has 106 valence electrons. The van der Waals surface area contributed by atoms with Crippen LogP contribution in [0.25, 0.3) is 0 Å². The van der Waals surface area contributed by atoms with Crippen LogP contribution < -0.4 is 5.32 Å². The minimum absolute atomic E-state index is 0.0219. The lowest BCUT2D eigenvalue weighted by molar-refractivity contribution is 0.187.